The first kappa shape index (κ1) is 21.2. The highest BCUT2D eigenvalue weighted by Crippen LogP contribution is 2.35. The second-order valence-electron chi connectivity index (χ2n) is 7.73. The molecule has 0 aromatic rings. The molecule has 8 heteroatoms. The van der Waals surface area contributed by atoms with Crippen LogP contribution in [0.1, 0.15) is 33.6 Å². The SMILES string of the molecule is C=CC(=O)N1CCOC2(CCN(C(=O)N(C)[C@H](C(=O)O)C(C)C)CC2)[C@H]1C. The molecular formula is C19H31N3O5. The van der Waals surface area contributed by atoms with Crippen LogP contribution in [0.25, 0.3) is 0 Å². The number of aliphatic carboxylic acids is 1. The van der Waals surface area contributed by atoms with Crippen molar-refractivity contribution in [1.82, 2.24) is 14.7 Å². The lowest BCUT2D eigenvalue weighted by atomic mass is 9.82. The molecule has 2 rings (SSSR count). The number of carboxylic acid groups (broad SMARTS) is 1. The van der Waals surface area contributed by atoms with Crippen molar-refractivity contribution in [3.05, 3.63) is 12.7 Å². The van der Waals surface area contributed by atoms with Crippen molar-refractivity contribution in [2.45, 2.75) is 51.3 Å². The minimum atomic E-state index is -1.00. The van der Waals surface area contributed by atoms with Gasteiger partial charge in [-0.05, 0) is 31.8 Å². The van der Waals surface area contributed by atoms with Crippen LogP contribution in [0, 0.1) is 5.92 Å². The van der Waals surface area contributed by atoms with Gasteiger partial charge in [0, 0.05) is 26.7 Å². The van der Waals surface area contributed by atoms with Crippen molar-refractivity contribution in [2.24, 2.45) is 5.92 Å². The number of morpholine rings is 1. The van der Waals surface area contributed by atoms with Crippen LogP contribution in [0.2, 0.25) is 0 Å². The highest BCUT2D eigenvalue weighted by molar-refractivity contribution is 5.87. The second kappa shape index (κ2) is 8.29. The summed E-state index contributed by atoms with van der Waals surface area (Å²) in [7, 11) is 1.54. The van der Waals surface area contributed by atoms with Gasteiger partial charge in [0.1, 0.15) is 6.04 Å². The Kier molecular flexibility index (Phi) is 6.51. The number of carboxylic acids is 1. The van der Waals surface area contributed by atoms with Gasteiger partial charge in [0.25, 0.3) is 0 Å². The van der Waals surface area contributed by atoms with E-state index in [9.17, 15) is 19.5 Å². The molecule has 0 aromatic heterocycles. The number of hydrogen-bond acceptors (Lipinski definition) is 4. The molecule has 2 aliphatic rings. The average molecular weight is 381 g/mol. The third-order valence-electron chi connectivity index (χ3n) is 5.89. The van der Waals surface area contributed by atoms with Crippen LogP contribution in [0.5, 0.6) is 0 Å². The Balaban J connectivity index is 2.05. The molecule has 2 aliphatic heterocycles. The van der Waals surface area contributed by atoms with E-state index in [0.29, 0.717) is 39.1 Å². The molecule has 2 saturated heterocycles. The lowest BCUT2D eigenvalue weighted by molar-refractivity contribution is -0.173. The normalized spacial score (nSPS) is 23.2. The van der Waals surface area contributed by atoms with Gasteiger partial charge in [0.05, 0.1) is 18.2 Å². The van der Waals surface area contributed by atoms with E-state index in [1.807, 2.05) is 6.92 Å². The van der Waals surface area contributed by atoms with E-state index in [4.69, 9.17) is 4.74 Å². The Morgan fingerprint density at radius 2 is 1.85 bits per heavy atom. The lowest BCUT2D eigenvalue weighted by Gasteiger charge is -2.52. The Labute approximate surface area is 160 Å². The van der Waals surface area contributed by atoms with E-state index in [-0.39, 0.29) is 23.9 Å². The second-order valence-corrected chi connectivity index (χ2v) is 7.73. The number of amides is 3. The Morgan fingerprint density at radius 1 is 1.26 bits per heavy atom. The number of ether oxygens (including phenoxy) is 1. The molecule has 0 aromatic carbocycles. The van der Waals surface area contributed by atoms with E-state index < -0.39 is 17.6 Å². The minimum absolute atomic E-state index is 0.103. The van der Waals surface area contributed by atoms with Gasteiger partial charge in [-0.3, -0.25) is 4.79 Å². The van der Waals surface area contributed by atoms with Crippen molar-refractivity contribution >= 4 is 17.9 Å². The fourth-order valence-electron chi connectivity index (χ4n) is 4.24. The summed E-state index contributed by atoms with van der Waals surface area (Å²) in [6.07, 6.45) is 2.53. The summed E-state index contributed by atoms with van der Waals surface area (Å²) in [5.74, 6) is -1.30. The first-order chi connectivity index (χ1) is 12.6. The van der Waals surface area contributed by atoms with Crippen LogP contribution >= 0.6 is 0 Å². The molecule has 0 radical (unpaired) electrons. The van der Waals surface area contributed by atoms with Gasteiger partial charge in [-0.25, -0.2) is 9.59 Å². The molecule has 1 N–H and O–H groups in total. The van der Waals surface area contributed by atoms with E-state index in [2.05, 4.69) is 6.58 Å². The van der Waals surface area contributed by atoms with E-state index >= 15 is 0 Å². The molecular weight excluding hydrogens is 350 g/mol. The predicted molar refractivity (Wildman–Crippen MR) is 100 cm³/mol. The maximum atomic E-state index is 12.8. The number of likely N-dealkylation sites (tertiary alicyclic amines) is 1. The van der Waals surface area contributed by atoms with Crippen LogP contribution in [0.4, 0.5) is 4.79 Å². The Morgan fingerprint density at radius 3 is 2.33 bits per heavy atom. The largest absolute Gasteiger partial charge is 0.480 e. The summed E-state index contributed by atoms with van der Waals surface area (Å²) < 4.78 is 6.08. The maximum absolute atomic E-state index is 12.8. The zero-order valence-electron chi connectivity index (χ0n) is 16.7. The van der Waals surface area contributed by atoms with Crippen molar-refractivity contribution in [3.63, 3.8) is 0 Å². The summed E-state index contributed by atoms with van der Waals surface area (Å²) in [4.78, 5) is 41.1. The van der Waals surface area contributed by atoms with E-state index in [1.165, 1.54) is 18.0 Å². The van der Waals surface area contributed by atoms with Crippen LogP contribution in [-0.2, 0) is 14.3 Å². The fourth-order valence-corrected chi connectivity index (χ4v) is 4.24. The highest BCUT2D eigenvalue weighted by atomic mass is 16.5. The molecule has 0 aliphatic carbocycles. The number of carbonyl (C=O) groups excluding carboxylic acids is 2. The maximum Gasteiger partial charge on any atom is 0.326 e. The molecule has 2 fully saturated rings. The van der Waals surface area contributed by atoms with Gasteiger partial charge in [-0.1, -0.05) is 20.4 Å². The minimum Gasteiger partial charge on any atom is -0.480 e. The highest BCUT2D eigenvalue weighted by Gasteiger charge is 2.47. The van der Waals surface area contributed by atoms with Crippen molar-refractivity contribution in [3.8, 4) is 0 Å². The number of hydrogen-bond donors (Lipinski definition) is 1. The number of nitrogens with zero attached hydrogens (tertiary/aromatic N) is 3. The molecule has 2 atom stereocenters. The molecule has 0 unspecified atom stereocenters. The van der Waals surface area contributed by atoms with Gasteiger partial charge < -0.3 is 24.5 Å². The molecule has 3 amide bonds. The monoisotopic (exact) mass is 381 g/mol. The summed E-state index contributed by atoms with van der Waals surface area (Å²) in [6, 6.07) is -1.25. The first-order valence-corrected chi connectivity index (χ1v) is 9.46. The molecule has 2 heterocycles. The van der Waals surface area contributed by atoms with Gasteiger partial charge in [-0.2, -0.15) is 0 Å². The molecule has 0 bridgehead atoms. The number of carbonyl (C=O) groups is 3. The fraction of sp³-hybridized carbons (Fsp3) is 0.737. The summed E-state index contributed by atoms with van der Waals surface area (Å²) in [5, 5.41) is 9.42. The smallest absolute Gasteiger partial charge is 0.326 e. The molecule has 152 valence electrons. The van der Waals surface area contributed by atoms with Gasteiger partial charge in [-0.15, -0.1) is 0 Å². The summed E-state index contributed by atoms with van der Waals surface area (Å²) >= 11 is 0. The van der Waals surface area contributed by atoms with Crippen molar-refractivity contribution < 1.29 is 24.2 Å². The Hall–Kier alpha value is -2.09. The van der Waals surface area contributed by atoms with Gasteiger partial charge in [0.15, 0.2) is 0 Å². The van der Waals surface area contributed by atoms with Crippen molar-refractivity contribution in [2.75, 3.05) is 33.3 Å². The van der Waals surface area contributed by atoms with Crippen LogP contribution in [0.3, 0.4) is 0 Å². The van der Waals surface area contributed by atoms with E-state index in [0.717, 1.165) is 0 Å². The van der Waals surface area contributed by atoms with Crippen LogP contribution in [0.15, 0.2) is 12.7 Å². The van der Waals surface area contributed by atoms with Crippen molar-refractivity contribution in [1.29, 1.82) is 0 Å². The van der Waals surface area contributed by atoms with E-state index in [1.54, 1.807) is 23.6 Å². The third-order valence-corrected chi connectivity index (χ3v) is 5.89. The lowest BCUT2D eigenvalue weighted by Crippen LogP contribution is -2.64. The quantitative estimate of drug-likeness (QED) is 0.744. The number of rotatable bonds is 4. The van der Waals surface area contributed by atoms with Gasteiger partial charge >= 0.3 is 12.0 Å². The first-order valence-electron chi connectivity index (χ1n) is 9.46. The summed E-state index contributed by atoms with van der Waals surface area (Å²) in [6.45, 7) is 11.0. The van der Waals surface area contributed by atoms with Crippen LogP contribution < -0.4 is 0 Å². The molecule has 8 nitrogen and oxygen atoms in total. The number of likely N-dealkylation sites (N-methyl/N-ethyl adjacent to an activating group) is 1. The molecule has 27 heavy (non-hydrogen) atoms. The number of piperidine rings is 1. The zero-order valence-corrected chi connectivity index (χ0v) is 16.7. The molecule has 1 spiro atoms. The van der Waals surface area contributed by atoms with Crippen LogP contribution in [-0.4, -0.2) is 88.7 Å². The Bertz CT molecular complexity index is 598. The predicted octanol–water partition coefficient (Wildman–Crippen LogP) is 1.42. The molecule has 0 saturated carbocycles. The topological polar surface area (TPSA) is 90.4 Å². The third kappa shape index (κ3) is 4.10. The average Bonchev–Trinajstić information content (AvgIpc) is 2.63. The number of urea groups is 1. The standard InChI is InChI=1S/C19H31N3O5/c1-6-15(23)22-11-12-27-19(14(22)4)7-9-21(10-8-19)18(26)20(5)16(13(2)3)17(24)25/h6,13-14,16H,1,7-12H2,2-5H3,(H,24,25)/t14-,16+/m1/s1. The summed E-state index contributed by atoms with van der Waals surface area (Å²) in [5.41, 5.74) is -0.476. The van der Waals surface area contributed by atoms with Gasteiger partial charge in [0.2, 0.25) is 5.91 Å². The zero-order chi connectivity index (χ0) is 20.4.